The van der Waals surface area contributed by atoms with Crippen LogP contribution in [0.25, 0.3) is 11.1 Å². The molecular formula is C17H20. The molecule has 0 heterocycles. The van der Waals surface area contributed by atoms with E-state index in [9.17, 15) is 0 Å². The van der Waals surface area contributed by atoms with Crippen LogP contribution in [0.3, 0.4) is 0 Å². The fraction of sp³-hybridized carbons (Fsp3) is 0.294. The zero-order chi connectivity index (χ0) is 12.3. The van der Waals surface area contributed by atoms with Crippen molar-refractivity contribution in [3.63, 3.8) is 0 Å². The maximum atomic E-state index is 2.28. The monoisotopic (exact) mass is 224 g/mol. The summed E-state index contributed by atoms with van der Waals surface area (Å²) in [6, 6.07) is 17.7. The Morgan fingerprint density at radius 1 is 0.882 bits per heavy atom. The van der Waals surface area contributed by atoms with Crippen molar-refractivity contribution in [2.45, 2.75) is 33.1 Å². The lowest BCUT2D eigenvalue weighted by molar-refractivity contribution is 0.867. The van der Waals surface area contributed by atoms with Gasteiger partial charge in [0.15, 0.2) is 0 Å². The lowest BCUT2D eigenvalue weighted by Crippen LogP contribution is -1.87. The topological polar surface area (TPSA) is 0 Å². The molecule has 0 heteroatoms. The Kier molecular flexibility index (Phi) is 3.63. The predicted molar refractivity (Wildman–Crippen MR) is 75.3 cm³/mol. The molecule has 2 aromatic rings. The molecule has 17 heavy (non-hydrogen) atoms. The molecule has 88 valence electrons. The number of hydrogen-bond acceptors (Lipinski definition) is 0. The highest BCUT2D eigenvalue weighted by Crippen LogP contribution is 2.23. The Morgan fingerprint density at radius 2 is 1.59 bits per heavy atom. The zero-order valence-corrected chi connectivity index (χ0v) is 10.9. The summed E-state index contributed by atoms with van der Waals surface area (Å²) >= 11 is 0. The second-order valence-corrected chi connectivity index (χ2v) is 4.83. The first-order chi connectivity index (χ1) is 8.20. The smallest absolute Gasteiger partial charge is 0.0181 e. The third-order valence-corrected chi connectivity index (χ3v) is 3.25. The highest BCUT2D eigenvalue weighted by Gasteiger charge is 2.01. The van der Waals surface area contributed by atoms with Gasteiger partial charge in [-0.2, -0.15) is 0 Å². The van der Waals surface area contributed by atoms with E-state index in [0.29, 0.717) is 5.92 Å². The van der Waals surface area contributed by atoms with Crippen LogP contribution in [0.1, 0.15) is 37.8 Å². The van der Waals surface area contributed by atoms with Crippen LogP contribution in [-0.2, 0) is 6.42 Å². The van der Waals surface area contributed by atoms with E-state index >= 15 is 0 Å². The molecule has 0 radical (unpaired) electrons. The molecule has 0 saturated carbocycles. The van der Waals surface area contributed by atoms with Crippen LogP contribution in [0.2, 0.25) is 0 Å². The van der Waals surface area contributed by atoms with Crippen LogP contribution in [0.15, 0.2) is 48.5 Å². The van der Waals surface area contributed by atoms with E-state index in [1.165, 1.54) is 22.3 Å². The molecule has 0 nitrogen and oxygen atoms in total. The lowest BCUT2D eigenvalue weighted by atomic mass is 9.97. The lowest BCUT2D eigenvalue weighted by Gasteiger charge is -2.08. The molecule has 0 aliphatic heterocycles. The summed E-state index contributed by atoms with van der Waals surface area (Å²) < 4.78 is 0. The minimum Gasteiger partial charge on any atom is -0.0614 e. The molecule has 0 atom stereocenters. The van der Waals surface area contributed by atoms with Crippen LogP contribution < -0.4 is 0 Å². The van der Waals surface area contributed by atoms with Gasteiger partial charge in [-0.05, 0) is 34.6 Å². The maximum absolute atomic E-state index is 2.28. The van der Waals surface area contributed by atoms with E-state index < -0.39 is 0 Å². The van der Waals surface area contributed by atoms with Crippen LogP contribution >= 0.6 is 0 Å². The molecule has 2 rings (SSSR count). The highest BCUT2D eigenvalue weighted by atomic mass is 14.1. The molecular weight excluding hydrogens is 204 g/mol. The minimum atomic E-state index is 0.603. The van der Waals surface area contributed by atoms with Gasteiger partial charge < -0.3 is 0 Å². The summed E-state index contributed by atoms with van der Waals surface area (Å²) in [6.45, 7) is 6.65. The van der Waals surface area contributed by atoms with Crippen molar-refractivity contribution in [1.82, 2.24) is 0 Å². The maximum Gasteiger partial charge on any atom is -0.0181 e. The number of rotatable bonds is 3. The summed E-state index contributed by atoms with van der Waals surface area (Å²) in [5.41, 5.74) is 5.43. The fourth-order valence-corrected chi connectivity index (χ4v) is 2.03. The average Bonchev–Trinajstić information content (AvgIpc) is 2.39. The van der Waals surface area contributed by atoms with Crippen molar-refractivity contribution in [2.24, 2.45) is 0 Å². The van der Waals surface area contributed by atoms with Crippen LogP contribution in [0.5, 0.6) is 0 Å². The number of hydrogen-bond donors (Lipinski definition) is 0. The molecule has 0 aliphatic carbocycles. The second kappa shape index (κ2) is 5.18. The Balaban J connectivity index is 2.32. The van der Waals surface area contributed by atoms with E-state index in [0.717, 1.165) is 6.42 Å². The largest absolute Gasteiger partial charge is 0.0614 e. The third-order valence-electron chi connectivity index (χ3n) is 3.25. The van der Waals surface area contributed by atoms with Crippen LogP contribution in [-0.4, -0.2) is 0 Å². The Hall–Kier alpha value is -1.56. The molecule has 0 saturated heterocycles. The standard InChI is InChI=1S/C17H20/c1-4-14-6-5-7-17(12-14)16-10-8-15(9-11-16)13(2)3/h5-13H,4H2,1-3H3. The Bertz CT molecular complexity index is 478. The molecule has 0 aliphatic rings. The van der Waals surface area contributed by atoms with Gasteiger partial charge in [-0.15, -0.1) is 0 Å². The summed E-state index contributed by atoms with van der Waals surface area (Å²) in [5, 5.41) is 0. The van der Waals surface area contributed by atoms with Crippen molar-refractivity contribution in [3.8, 4) is 11.1 Å². The van der Waals surface area contributed by atoms with Gasteiger partial charge in [-0.25, -0.2) is 0 Å². The first-order valence-corrected chi connectivity index (χ1v) is 6.40. The van der Waals surface area contributed by atoms with Gasteiger partial charge in [0.05, 0.1) is 0 Å². The summed E-state index contributed by atoms with van der Waals surface area (Å²) in [6.07, 6.45) is 1.10. The zero-order valence-electron chi connectivity index (χ0n) is 10.9. The molecule has 0 amide bonds. The van der Waals surface area contributed by atoms with Gasteiger partial charge in [-0.3, -0.25) is 0 Å². The van der Waals surface area contributed by atoms with E-state index in [2.05, 4.69) is 69.3 Å². The Morgan fingerprint density at radius 3 is 2.18 bits per heavy atom. The van der Waals surface area contributed by atoms with E-state index in [4.69, 9.17) is 0 Å². The van der Waals surface area contributed by atoms with Crippen molar-refractivity contribution < 1.29 is 0 Å². The molecule has 0 bridgehead atoms. The first kappa shape index (κ1) is 11.9. The Labute approximate surface area is 104 Å². The van der Waals surface area contributed by atoms with E-state index in [-0.39, 0.29) is 0 Å². The van der Waals surface area contributed by atoms with Crippen molar-refractivity contribution in [2.75, 3.05) is 0 Å². The normalized spacial score (nSPS) is 10.8. The highest BCUT2D eigenvalue weighted by molar-refractivity contribution is 5.64. The van der Waals surface area contributed by atoms with Crippen molar-refractivity contribution in [1.29, 1.82) is 0 Å². The van der Waals surface area contributed by atoms with Gasteiger partial charge in [0.1, 0.15) is 0 Å². The molecule has 0 N–H and O–H groups in total. The molecule has 0 spiro atoms. The second-order valence-electron chi connectivity index (χ2n) is 4.83. The average molecular weight is 224 g/mol. The van der Waals surface area contributed by atoms with Crippen LogP contribution in [0.4, 0.5) is 0 Å². The summed E-state index contributed by atoms with van der Waals surface area (Å²) in [4.78, 5) is 0. The van der Waals surface area contributed by atoms with Gasteiger partial charge >= 0.3 is 0 Å². The predicted octanol–water partition coefficient (Wildman–Crippen LogP) is 5.04. The van der Waals surface area contributed by atoms with E-state index in [1.54, 1.807) is 0 Å². The van der Waals surface area contributed by atoms with Crippen molar-refractivity contribution >= 4 is 0 Å². The molecule has 0 aromatic heterocycles. The fourth-order valence-electron chi connectivity index (χ4n) is 2.03. The van der Waals surface area contributed by atoms with E-state index in [1.807, 2.05) is 0 Å². The minimum absolute atomic E-state index is 0.603. The number of benzene rings is 2. The third kappa shape index (κ3) is 2.76. The summed E-state index contributed by atoms with van der Waals surface area (Å²) in [5.74, 6) is 0.603. The molecule has 0 unspecified atom stereocenters. The van der Waals surface area contributed by atoms with Gasteiger partial charge in [0, 0.05) is 0 Å². The van der Waals surface area contributed by atoms with Gasteiger partial charge in [0.2, 0.25) is 0 Å². The first-order valence-electron chi connectivity index (χ1n) is 6.40. The SMILES string of the molecule is CCc1cccc(-c2ccc(C(C)C)cc2)c1. The van der Waals surface area contributed by atoms with Gasteiger partial charge in [-0.1, -0.05) is 69.3 Å². The quantitative estimate of drug-likeness (QED) is 0.685. The molecule has 0 fully saturated rings. The summed E-state index contributed by atoms with van der Waals surface area (Å²) in [7, 11) is 0. The van der Waals surface area contributed by atoms with Crippen LogP contribution in [0, 0.1) is 0 Å². The van der Waals surface area contributed by atoms with Crippen molar-refractivity contribution in [3.05, 3.63) is 59.7 Å². The van der Waals surface area contributed by atoms with Gasteiger partial charge in [0.25, 0.3) is 0 Å². The molecule has 2 aromatic carbocycles. The number of aryl methyl sites for hydroxylation is 1.